The van der Waals surface area contributed by atoms with E-state index in [1.807, 2.05) is 36.4 Å². The molecule has 196 valence electrons. The number of hydrogen-bond donors (Lipinski definition) is 4. The summed E-state index contributed by atoms with van der Waals surface area (Å²) in [5.74, 6) is 1.66. The standard InChI is InChI=1S/C25H36N8.C2H6O/c1-18(15-27-4)8-7-9-24(26)32-17-20(3)22-16-28-33(30-25(22)32)29-21-10-11-23(19(2)14-21)31-12-5-6-13-31;1-3-2/h7-11,14,16,20,26-27,29-30H,5-6,12-13,15,17H2,1-4H3;1-2H3/b9-7-,18-8+,26-24?;. The molecule has 1 aromatic rings. The molecule has 1 fully saturated rings. The van der Waals surface area contributed by atoms with Gasteiger partial charge in [-0.2, -0.15) is 0 Å². The number of hydrogen-bond acceptors (Lipinski definition) is 8. The highest BCUT2D eigenvalue weighted by Gasteiger charge is 2.32. The lowest BCUT2D eigenvalue weighted by molar-refractivity contribution is 0.245. The summed E-state index contributed by atoms with van der Waals surface area (Å²) in [5, 5.41) is 17.9. The zero-order valence-corrected chi connectivity index (χ0v) is 22.6. The minimum absolute atomic E-state index is 0.302. The second-order valence-corrected chi connectivity index (χ2v) is 9.49. The molecule has 1 unspecified atom stereocenters. The van der Waals surface area contributed by atoms with E-state index in [4.69, 9.17) is 5.41 Å². The molecule has 0 aliphatic carbocycles. The van der Waals surface area contributed by atoms with E-state index in [9.17, 15) is 0 Å². The van der Waals surface area contributed by atoms with Crippen molar-refractivity contribution in [3.8, 4) is 0 Å². The largest absolute Gasteiger partial charge is 0.388 e. The third kappa shape index (κ3) is 6.89. The normalized spacial score (nSPS) is 19.4. The second kappa shape index (κ2) is 13.1. The number of allylic oxidation sites excluding steroid dienone is 2. The van der Waals surface area contributed by atoms with Crippen molar-refractivity contribution in [3.63, 3.8) is 0 Å². The van der Waals surface area contributed by atoms with Crippen molar-refractivity contribution < 1.29 is 4.74 Å². The molecular formula is C27H42N8O. The van der Waals surface area contributed by atoms with E-state index in [0.717, 1.165) is 43.3 Å². The van der Waals surface area contributed by atoms with Crippen LogP contribution in [0.4, 0.5) is 11.4 Å². The van der Waals surface area contributed by atoms with E-state index in [-0.39, 0.29) is 0 Å². The molecule has 0 spiro atoms. The summed E-state index contributed by atoms with van der Waals surface area (Å²) in [4.78, 5) is 4.46. The fourth-order valence-electron chi connectivity index (χ4n) is 4.58. The van der Waals surface area contributed by atoms with Gasteiger partial charge in [0, 0.05) is 57.6 Å². The van der Waals surface area contributed by atoms with Crippen molar-refractivity contribution in [1.82, 2.24) is 20.9 Å². The molecule has 3 aliphatic heterocycles. The zero-order valence-electron chi connectivity index (χ0n) is 22.6. The molecular weight excluding hydrogens is 452 g/mol. The number of amidine groups is 1. The first-order valence-corrected chi connectivity index (χ1v) is 12.6. The van der Waals surface area contributed by atoms with Gasteiger partial charge < -0.3 is 19.9 Å². The van der Waals surface area contributed by atoms with Crippen LogP contribution in [0.25, 0.3) is 0 Å². The molecule has 9 heteroatoms. The number of benzene rings is 1. The first-order chi connectivity index (χ1) is 17.4. The first kappa shape index (κ1) is 27.3. The van der Waals surface area contributed by atoms with E-state index < -0.39 is 0 Å². The Morgan fingerprint density at radius 1 is 1.28 bits per heavy atom. The highest BCUT2D eigenvalue weighted by molar-refractivity contribution is 5.94. The molecule has 1 saturated heterocycles. The molecule has 0 aromatic heterocycles. The molecule has 0 saturated carbocycles. The Balaban J connectivity index is 0.00000115. The van der Waals surface area contributed by atoms with E-state index in [2.05, 4.69) is 69.9 Å². The van der Waals surface area contributed by atoms with E-state index in [0.29, 0.717) is 11.8 Å². The van der Waals surface area contributed by atoms with Crippen molar-refractivity contribution in [2.75, 3.05) is 57.8 Å². The Kier molecular flexibility index (Phi) is 9.95. The molecule has 36 heavy (non-hydrogen) atoms. The van der Waals surface area contributed by atoms with Gasteiger partial charge in [-0.1, -0.05) is 24.6 Å². The number of nitrogens with one attached hydrogen (secondary N) is 4. The fourth-order valence-corrected chi connectivity index (χ4v) is 4.58. The maximum absolute atomic E-state index is 8.60. The first-order valence-electron chi connectivity index (χ1n) is 12.6. The number of likely N-dealkylation sites (N-methyl/N-ethyl adjacent to an activating group) is 1. The van der Waals surface area contributed by atoms with Crippen LogP contribution >= 0.6 is 0 Å². The van der Waals surface area contributed by atoms with Crippen LogP contribution in [-0.2, 0) is 4.74 Å². The second-order valence-electron chi connectivity index (χ2n) is 9.49. The Morgan fingerprint density at radius 2 is 2.00 bits per heavy atom. The topological polar surface area (TPSA) is 91.2 Å². The number of aryl methyl sites for hydroxylation is 1. The number of methoxy groups -OCH3 is 1. The maximum Gasteiger partial charge on any atom is 0.134 e. The third-order valence-electron chi connectivity index (χ3n) is 6.31. The van der Waals surface area contributed by atoms with Crippen LogP contribution in [0.3, 0.4) is 0 Å². The molecule has 3 aliphatic rings. The van der Waals surface area contributed by atoms with Gasteiger partial charge in [0.2, 0.25) is 0 Å². The van der Waals surface area contributed by atoms with Crippen LogP contribution in [0.1, 0.15) is 32.3 Å². The summed E-state index contributed by atoms with van der Waals surface area (Å²) in [7, 11) is 5.18. The van der Waals surface area contributed by atoms with Crippen molar-refractivity contribution >= 4 is 23.4 Å². The highest BCUT2D eigenvalue weighted by atomic mass is 16.4. The van der Waals surface area contributed by atoms with Gasteiger partial charge in [0.25, 0.3) is 0 Å². The predicted molar refractivity (Wildman–Crippen MR) is 150 cm³/mol. The Morgan fingerprint density at radius 3 is 2.67 bits per heavy atom. The van der Waals surface area contributed by atoms with E-state index >= 15 is 0 Å². The van der Waals surface area contributed by atoms with Crippen LogP contribution in [0.2, 0.25) is 0 Å². The zero-order chi connectivity index (χ0) is 26.1. The fraction of sp³-hybridized carbons (Fsp3) is 0.481. The minimum atomic E-state index is 0.302. The van der Waals surface area contributed by atoms with Crippen LogP contribution in [-0.4, -0.2) is 69.6 Å². The van der Waals surface area contributed by atoms with Crippen LogP contribution < -0.4 is 21.1 Å². The lowest BCUT2D eigenvalue weighted by atomic mass is 10.1. The van der Waals surface area contributed by atoms with Crippen LogP contribution in [0.15, 0.2) is 58.5 Å². The van der Waals surface area contributed by atoms with Gasteiger partial charge >= 0.3 is 0 Å². The Hall–Kier alpha value is -3.30. The number of ether oxygens (including phenoxy) is 1. The van der Waals surface area contributed by atoms with Crippen LogP contribution in [0.5, 0.6) is 0 Å². The summed E-state index contributed by atoms with van der Waals surface area (Å²) in [6.45, 7) is 10.3. The van der Waals surface area contributed by atoms with Crippen molar-refractivity contribution in [2.45, 2.75) is 33.6 Å². The number of nitrogens with zero attached hydrogens (tertiary/aromatic N) is 4. The highest BCUT2D eigenvalue weighted by Crippen LogP contribution is 2.30. The Labute approximate surface area is 216 Å². The van der Waals surface area contributed by atoms with Gasteiger partial charge in [-0.25, -0.2) is 5.43 Å². The van der Waals surface area contributed by atoms with Gasteiger partial charge in [0.1, 0.15) is 11.7 Å². The molecule has 9 nitrogen and oxygen atoms in total. The number of rotatable bonds is 7. The van der Waals surface area contributed by atoms with Crippen LogP contribution in [0, 0.1) is 18.3 Å². The van der Waals surface area contributed by atoms with Gasteiger partial charge in [-0.05, 0) is 63.6 Å². The summed E-state index contributed by atoms with van der Waals surface area (Å²) in [6.07, 6.45) is 10.3. The monoisotopic (exact) mass is 494 g/mol. The SMILES string of the molecule is CNC/C(C)=C/C=C\C(=N)N1CC(C)C2=C1NN(Nc1ccc(N3CCCC3)c(C)c1)N=C2.COC. The lowest BCUT2D eigenvalue weighted by Gasteiger charge is -2.30. The predicted octanol–water partition coefficient (Wildman–Crippen LogP) is 3.85. The third-order valence-corrected chi connectivity index (χ3v) is 6.31. The quantitative estimate of drug-likeness (QED) is 0.260. The van der Waals surface area contributed by atoms with Gasteiger partial charge in [0.15, 0.2) is 0 Å². The molecule has 0 bridgehead atoms. The molecule has 4 rings (SSSR count). The average molecular weight is 495 g/mol. The maximum atomic E-state index is 8.60. The Bertz CT molecular complexity index is 1020. The van der Waals surface area contributed by atoms with Crippen molar-refractivity contribution in [2.24, 2.45) is 11.0 Å². The summed E-state index contributed by atoms with van der Waals surface area (Å²) < 4.78 is 4.25. The summed E-state index contributed by atoms with van der Waals surface area (Å²) in [5.41, 5.74) is 12.6. The van der Waals surface area contributed by atoms with Crippen molar-refractivity contribution in [1.29, 1.82) is 5.41 Å². The number of anilines is 2. The summed E-state index contributed by atoms with van der Waals surface area (Å²) in [6, 6.07) is 6.45. The molecule has 4 N–H and O–H groups in total. The number of hydrazone groups is 1. The molecule has 0 radical (unpaired) electrons. The van der Waals surface area contributed by atoms with E-state index in [1.54, 1.807) is 19.4 Å². The van der Waals surface area contributed by atoms with Gasteiger partial charge in [-0.15, -0.1) is 10.3 Å². The average Bonchev–Trinajstić information content (AvgIpc) is 3.48. The summed E-state index contributed by atoms with van der Waals surface area (Å²) >= 11 is 0. The minimum Gasteiger partial charge on any atom is -0.388 e. The number of hydrazine groups is 2. The van der Waals surface area contributed by atoms with E-state index in [1.165, 1.54) is 29.7 Å². The van der Waals surface area contributed by atoms with Crippen molar-refractivity contribution in [3.05, 3.63) is 59.0 Å². The molecule has 0 amide bonds. The molecule has 1 aromatic carbocycles. The smallest absolute Gasteiger partial charge is 0.134 e. The molecule has 3 heterocycles. The lowest BCUT2D eigenvalue weighted by Crippen LogP contribution is -2.45. The molecule has 1 atom stereocenters. The van der Waals surface area contributed by atoms with Gasteiger partial charge in [-0.3, -0.25) is 10.8 Å². The van der Waals surface area contributed by atoms with Gasteiger partial charge in [0.05, 0.1) is 11.9 Å².